The van der Waals surface area contributed by atoms with Gasteiger partial charge in [0.2, 0.25) is 5.91 Å². The van der Waals surface area contributed by atoms with Gasteiger partial charge in [0.1, 0.15) is 5.69 Å². The third kappa shape index (κ3) is 4.87. The molecule has 1 aromatic carbocycles. The molecule has 0 aliphatic heterocycles. The number of aromatic nitrogens is 1. The molecule has 0 fully saturated rings. The van der Waals surface area contributed by atoms with Crippen molar-refractivity contribution in [1.82, 2.24) is 10.3 Å². The third-order valence-electron chi connectivity index (χ3n) is 3.14. The fourth-order valence-electron chi connectivity index (χ4n) is 1.95. The first-order chi connectivity index (χ1) is 11.8. The summed E-state index contributed by atoms with van der Waals surface area (Å²) >= 11 is 0. The number of rotatable bonds is 4. The standard InChI is InChI=1S/C18H13F3N2O2/c1-2-16(24)23-17(25)14(13-6-4-3-5-7-13)10-12-8-9-15(22-11-12)18(19,20)21/h2-11H,1H2,(H,23,24,25)/b14-10+. The number of amides is 2. The van der Waals surface area contributed by atoms with E-state index in [1.165, 1.54) is 12.1 Å². The SMILES string of the molecule is C=CC(=O)NC(=O)/C(=C/c1ccc(C(F)(F)F)nc1)c1ccccc1. The Morgan fingerprint density at radius 3 is 2.28 bits per heavy atom. The van der Waals surface area contributed by atoms with Gasteiger partial charge >= 0.3 is 6.18 Å². The maximum atomic E-state index is 12.6. The fraction of sp³-hybridized carbons (Fsp3) is 0.0556. The van der Waals surface area contributed by atoms with Crippen LogP contribution in [0.5, 0.6) is 0 Å². The molecule has 1 aromatic heterocycles. The Hall–Kier alpha value is -3.22. The molecule has 2 amide bonds. The summed E-state index contributed by atoms with van der Waals surface area (Å²) in [5.74, 6) is -1.38. The quantitative estimate of drug-likeness (QED) is 0.863. The van der Waals surface area contributed by atoms with Crippen LogP contribution in [-0.2, 0) is 15.8 Å². The van der Waals surface area contributed by atoms with Gasteiger partial charge in [-0.25, -0.2) is 0 Å². The number of alkyl halides is 3. The molecule has 0 aliphatic carbocycles. The van der Waals surface area contributed by atoms with Crippen molar-refractivity contribution in [2.45, 2.75) is 6.18 Å². The number of nitrogens with one attached hydrogen (secondary N) is 1. The van der Waals surface area contributed by atoms with Gasteiger partial charge in [-0.2, -0.15) is 13.2 Å². The molecule has 7 heteroatoms. The molecule has 25 heavy (non-hydrogen) atoms. The van der Waals surface area contributed by atoms with Crippen molar-refractivity contribution in [1.29, 1.82) is 0 Å². The van der Waals surface area contributed by atoms with E-state index in [2.05, 4.69) is 16.9 Å². The highest BCUT2D eigenvalue weighted by Gasteiger charge is 2.31. The number of imide groups is 1. The second-order valence-corrected chi connectivity index (χ2v) is 4.92. The van der Waals surface area contributed by atoms with Gasteiger partial charge in [-0.1, -0.05) is 43.0 Å². The van der Waals surface area contributed by atoms with Gasteiger partial charge in [-0.05, 0) is 29.3 Å². The Kier molecular flexibility index (Phi) is 5.49. The summed E-state index contributed by atoms with van der Waals surface area (Å²) in [6.45, 7) is 3.26. The van der Waals surface area contributed by atoms with Crippen LogP contribution in [-0.4, -0.2) is 16.8 Å². The first-order valence-electron chi connectivity index (χ1n) is 7.09. The van der Waals surface area contributed by atoms with Gasteiger partial charge in [-0.3, -0.25) is 19.9 Å². The molecular formula is C18H13F3N2O2. The van der Waals surface area contributed by atoms with E-state index in [1.807, 2.05) is 0 Å². The van der Waals surface area contributed by atoms with Crippen molar-refractivity contribution in [2.75, 3.05) is 0 Å². The summed E-state index contributed by atoms with van der Waals surface area (Å²) < 4.78 is 37.7. The van der Waals surface area contributed by atoms with Crippen LogP contribution in [0.2, 0.25) is 0 Å². The van der Waals surface area contributed by atoms with Gasteiger partial charge in [0.15, 0.2) is 0 Å². The molecule has 0 spiro atoms. The van der Waals surface area contributed by atoms with Crippen LogP contribution in [0, 0.1) is 0 Å². The molecule has 128 valence electrons. The summed E-state index contributed by atoms with van der Waals surface area (Å²) in [4.78, 5) is 27.0. The van der Waals surface area contributed by atoms with Crippen LogP contribution < -0.4 is 5.32 Å². The van der Waals surface area contributed by atoms with Crippen molar-refractivity contribution < 1.29 is 22.8 Å². The largest absolute Gasteiger partial charge is 0.433 e. The van der Waals surface area contributed by atoms with Gasteiger partial charge < -0.3 is 0 Å². The molecule has 0 aliphatic rings. The average Bonchev–Trinajstić information content (AvgIpc) is 2.59. The number of carbonyl (C=O) groups excluding carboxylic acids is 2. The molecule has 2 aromatic rings. The molecule has 0 bridgehead atoms. The number of benzene rings is 1. The highest BCUT2D eigenvalue weighted by atomic mass is 19.4. The minimum Gasteiger partial charge on any atom is -0.289 e. The van der Waals surface area contributed by atoms with Crippen LogP contribution in [0.15, 0.2) is 61.3 Å². The topological polar surface area (TPSA) is 59.1 Å². The Balaban J connectivity index is 2.41. The third-order valence-corrected chi connectivity index (χ3v) is 3.14. The summed E-state index contributed by atoms with van der Waals surface area (Å²) in [7, 11) is 0. The van der Waals surface area contributed by atoms with E-state index < -0.39 is 23.7 Å². The number of nitrogens with zero attached hydrogens (tertiary/aromatic N) is 1. The lowest BCUT2D eigenvalue weighted by Crippen LogP contribution is -2.29. The van der Waals surface area contributed by atoms with E-state index in [1.54, 1.807) is 30.3 Å². The molecule has 1 heterocycles. The second kappa shape index (κ2) is 7.57. The van der Waals surface area contributed by atoms with Crippen molar-refractivity contribution >= 4 is 23.5 Å². The maximum Gasteiger partial charge on any atom is 0.433 e. The lowest BCUT2D eigenvalue weighted by Gasteiger charge is -2.09. The van der Waals surface area contributed by atoms with Gasteiger partial charge in [0.05, 0.1) is 0 Å². The van der Waals surface area contributed by atoms with Gasteiger partial charge in [0.25, 0.3) is 5.91 Å². The van der Waals surface area contributed by atoms with E-state index >= 15 is 0 Å². The maximum absolute atomic E-state index is 12.6. The summed E-state index contributed by atoms with van der Waals surface area (Å²) in [5.41, 5.74) is -0.139. The molecular weight excluding hydrogens is 333 g/mol. The molecule has 0 atom stereocenters. The Morgan fingerprint density at radius 1 is 1.08 bits per heavy atom. The Labute approximate surface area is 141 Å². The predicted molar refractivity (Wildman–Crippen MR) is 86.9 cm³/mol. The summed E-state index contributed by atoms with van der Waals surface area (Å²) in [6, 6.07) is 10.4. The number of hydrogen-bond acceptors (Lipinski definition) is 3. The van der Waals surface area contributed by atoms with E-state index in [-0.39, 0.29) is 11.1 Å². The normalized spacial score (nSPS) is 11.7. The number of halogens is 3. The monoisotopic (exact) mass is 346 g/mol. The smallest absolute Gasteiger partial charge is 0.289 e. The average molecular weight is 346 g/mol. The van der Waals surface area contributed by atoms with E-state index in [4.69, 9.17) is 0 Å². The molecule has 0 unspecified atom stereocenters. The van der Waals surface area contributed by atoms with Crippen molar-refractivity contribution in [2.24, 2.45) is 0 Å². The molecule has 0 saturated heterocycles. The summed E-state index contributed by atoms with van der Waals surface area (Å²) in [6.07, 6.45) is -1.24. The summed E-state index contributed by atoms with van der Waals surface area (Å²) in [5, 5.41) is 2.12. The lowest BCUT2D eigenvalue weighted by atomic mass is 10.0. The van der Waals surface area contributed by atoms with Crippen LogP contribution in [0.4, 0.5) is 13.2 Å². The van der Waals surface area contributed by atoms with Gasteiger partial charge in [0, 0.05) is 11.8 Å². The zero-order valence-corrected chi connectivity index (χ0v) is 12.9. The van der Waals surface area contributed by atoms with E-state index in [0.29, 0.717) is 5.56 Å². The zero-order valence-electron chi connectivity index (χ0n) is 12.9. The van der Waals surface area contributed by atoms with Crippen LogP contribution in [0.25, 0.3) is 11.6 Å². The van der Waals surface area contributed by atoms with Crippen LogP contribution in [0.1, 0.15) is 16.8 Å². The first-order valence-corrected chi connectivity index (χ1v) is 7.09. The molecule has 1 N–H and O–H groups in total. The highest BCUT2D eigenvalue weighted by Crippen LogP contribution is 2.27. The van der Waals surface area contributed by atoms with Gasteiger partial charge in [-0.15, -0.1) is 0 Å². The molecule has 4 nitrogen and oxygen atoms in total. The van der Waals surface area contributed by atoms with Crippen LogP contribution in [0.3, 0.4) is 0 Å². The Bertz CT molecular complexity index is 810. The molecule has 0 saturated carbocycles. The number of hydrogen-bond donors (Lipinski definition) is 1. The Morgan fingerprint density at radius 2 is 1.76 bits per heavy atom. The van der Waals surface area contributed by atoms with Crippen molar-refractivity contribution in [3.63, 3.8) is 0 Å². The minimum absolute atomic E-state index is 0.109. The van der Waals surface area contributed by atoms with E-state index in [0.717, 1.165) is 18.3 Å². The number of pyridine rings is 1. The van der Waals surface area contributed by atoms with Crippen LogP contribution >= 0.6 is 0 Å². The zero-order chi connectivity index (χ0) is 18.4. The lowest BCUT2D eigenvalue weighted by molar-refractivity contribution is -0.141. The highest BCUT2D eigenvalue weighted by molar-refractivity contribution is 6.28. The predicted octanol–water partition coefficient (Wildman–Crippen LogP) is 3.47. The van der Waals surface area contributed by atoms with Crippen molar-refractivity contribution in [3.05, 3.63) is 78.1 Å². The van der Waals surface area contributed by atoms with Crippen molar-refractivity contribution in [3.8, 4) is 0 Å². The second-order valence-electron chi connectivity index (χ2n) is 4.92. The van der Waals surface area contributed by atoms with E-state index in [9.17, 15) is 22.8 Å². The minimum atomic E-state index is -4.54. The fourth-order valence-corrected chi connectivity index (χ4v) is 1.95. The molecule has 0 radical (unpaired) electrons. The number of carbonyl (C=O) groups is 2. The molecule has 2 rings (SSSR count). The first kappa shape index (κ1) is 18.1.